The predicted molar refractivity (Wildman–Crippen MR) is 243 cm³/mol. The van der Waals surface area contributed by atoms with E-state index >= 15 is 0 Å². The molecule has 0 amide bonds. The van der Waals surface area contributed by atoms with Gasteiger partial charge in [0.25, 0.3) is 0 Å². The SMILES string of the molecule is Cc1ccc(N(c2ccc(C)cc2)c2ccc(N(C3=CC=C4c5ccccc5C(C)(C)C4C3)c3ccc(-c4ccccc4)cc3)c3c2ccc2ccccc23)cc1. The van der Waals surface area contributed by atoms with E-state index in [0.29, 0.717) is 5.92 Å². The number of aryl methyl sites for hydroxylation is 2. The number of allylic oxidation sites excluding steroid dienone is 4. The normalized spacial score (nSPS) is 15.5. The van der Waals surface area contributed by atoms with Gasteiger partial charge in [-0.05, 0) is 125 Å². The summed E-state index contributed by atoms with van der Waals surface area (Å²) in [5, 5.41) is 4.92. The van der Waals surface area contributed by atoms with Crippen LogP contribution in [0.1, 0.15) is 42.5 Å². The number of hydrogen-bond acceptors (Lipinski definition) is 2. The molecule has 2 aliphatic rings. The number of hydrogen-bond donors (Lipinski definition) is 0. The molecule has 8 aromatic carbocycles. The summed E-state index contributed by atoms with van der Waals surface area (Å²) in [6, 6.07) is 65.0. The van der Waals surface area contributed by atoms with Crippen molar-refractivity contribution in [3.63, 3.8) is 0 Å². The van der Waals surface area contributed by atoms with Gasteiger partial charge in [-0.2, -0.15) is 0 Å². The lowest BCUT2D eigenvalue weighted by molar-refractivity contribution is 0.406. The summed E-state index contributed by atoms with van der Waals surface area (Å²) in [4.78, 5) is 4.98. The van der Waals surface area contributed by atoms with Gasteiger partial charge in [0.2, 0.25) is 0 Å². The topological polar surface area (TPSA) is 6.48 Å². The molecule has 0 saturated carbocycles. The zero-order valence-electron chi connectivity index (χ0n) is 33.1. The first-order valence-corrected chi connectivity index (χ1v) is 20.2. The molecule has 276 valence electrons. The third kappa shape index (κ3) is 5.95. The standard InChI is InChI=1S/C55H46N2/c1-37-18-25-42(26-19-37)56(43-27-20-38(2)21-28-43)52-34-35-53(54-46-15-9-8-14-41(46)24-32-49(52)54)57(44-29-22-40(23-30-44)39-12-6-5-7-13-39)45-31-33-48-47-16-10-11-17-50(47)55(3,4)51(48)36-45/h5-35,51H,36H2,1-4H3. The second-order valence-electron chi connectivity index (χ2n) is 16.4. The Labute approximate surface area is 336 Å². The second-order valence-corrected chi connectivity index (χ2v) is 16.4. The Morgan fingerprint density at radius 3 is 1.77 bits per heavy atom. The minimum absolute atomic E-state index is 0.00593. The van der Waals surface area contributed by atoms with Crippen LogP contribution in [0.4, 0.5) is 28.4 Å². The Morgan fingerprint density at radius 1 is 0.474 bits per heavy atom. The van der Waals surface area contributed by atoms with Crippen molar-refractivity contribution in [1.82, 2.24) is 0 Å². The summed E-state index contributed by atoms with van der Waals surface area (Å²) in [6.45, 7) is 9.17. The van der Waals surface area contributed by atoms with E-state index in [0.717, 1.165) is 29.2 Å². The Morgan fingerprint density at radius 2 is 1.05 bits per heavy atom. The molecule has 0 aliphatic heterocycles. The molecular weight excluding hydrogens is 689 g/mol. The molecule has 0 bridgehead atoms. The quantitative estimate of drug-likeness (QED) is 0.150. The van der Waals surface area contributed by atoms with Gasteiger partial charge < -0.3 is 9.80 Å². The maximum Gasteiger partial charge on any atom is 0.0544 e. The van der Waals surface area contributed by atoms with Gasteiger partial charge in [-0.3, -0.25) is 0 Å². The van der Waals surface area contributed by atoms with Gasteiger partial charge in [-0.15, -0.1) is 0 Å². The minimum Gasteiger partial charge on any atom is -0.314 e. The molecular formula is C55H46N2. The Hall–Kier alpha value is -6.64. The first-order valence-electron chi connectivity index (χ1n) is 20.2. The Bertz CT molecular complexity index is 2800. The molecule has 1 atom stereocenters. The number of benzene rings is 8. The molecule has 0 saturated heterocycles. The Balaban J connectivity index is 1.22. The van der Waals surface area contributed by atoms with E-state index in [1.165, 1.54) is 71.9 Å². The van der Waals surface area contributed by atoms with E-state index < -0.39 is 0 Å². The smallest absolute Gasteiger partial charge is 0.0544 e. The van der Waals surface area contributed by atoms with Crippen molar-refractivity contribution in [2.75, 3.05) is 9.80 Å². The fourth-order valence-electron chi connectivity index (χ4n) is 9.44. The molecule has 0 aromatic heterocycles. The monoisotopic (exact) mass is 734 g/mol. The van der Waals surface area contributed by atoms with Crippen LogP contribution in [0.25, 0.3) is 38.2 Å². The summed E-state index contributed by atoms with van der Waals surface area (Å²) < 4.78 is 0. The van der Waals surface area contributed by atoms with Crippen molar-refractivity contribution in [2.24, 2.45) is 5.92 Å². The maximum absolute atomic E-state index is 2.56. The van der Waals surface area contributed by atoms with E-state index in [-0.39, 0.29) is 5.41 Å². The average molecular weight is 735 g/mol. The molecule has 8 aromatic rings. The van der Waals surface area contributed by atoms with Gasteiger partial charge in [0, 0.05) is 33.5 Å². The van der Waals surface area contributed by atoms with Crippen molar-refractivity contribution in [3.05, 3.63) is 216 Å². The Kier molecular flexibility index (Phi) is 8.45. The molecule has 57 heavy (non-hydrogen) atoms. The molecule has 2 nitrogen and oxygen atoms in total. The van der Waals surface area contributed by atoms with Crippen LogP contribution in [0, 0.1) is 19.8 Å². The van der Waals surface area contributed by atoms with Crippen molar-refractivity contribution in [2.45, 2.75) is 39.5 Å². The van der Waals surface area contributed by atoms with Crippen LogP contribution in [0.15, 0.2) is 194 Å². The van der Waals surface area contributed by atoms with Crippen molar-refractivity contribution in [1.29, 1.82) is 0 Å². The van der Waals surface area contributed by atoms with Gasteiger partial charge in [0.15, 0.2) is 0 Å². The molecule has 0 fully saturated rings. The largest absolute Gasteiger partial charge is 0.314 e. The molecule has 2 heteroatoms. The van der Waals surface area contributed by atoms with Crippen LogP contribution < -0.4 is 9.80 Å². The minimum atomic E-state index is 0.00593. The van der Waals surface area contributed by atoms with E-state index in [4.69, 9.17) is 0 Å². The van der Waals surface area contributed by atoms with Crippen LogP contribution >= 0.6 is 0 Å². The average Bonchev–Trinajstić information content (AvgIpc) is 3.48. The van der Waals surface area contributed by atoms with Gasteiger partial charge in [-0.25, -0.2) is 0 Å². The highest BCUT2D eigenvalue weighted by molar-refractivity contribution is 6.19. The maximum atomic E-state index is 2.56. The third-order valence-corrected chi connectivity index (χ3v) is 12.5. The van der Waals surface area contributed by atoms with E-state index in [9.17, 15) is 0 Å². The highest BCUT2D eigenvalue weighted by Crippen LogP contribution is 2.55. The first kappa shape index (κ1) is 34.8. The lowest BCUT2D eigenvalue weighted by Crippen LogP contribution is -2.29. The second kappa shape index (κ2) is 13.8. The summed E-state index contributed by atoms with van der Waals surface area (Å²) in [5.41, 5.74) is 16.3. The molecule has 1 unspecified atom stereocenters. The first-order chi connectivity index (χ1) is 27.8. The summed E-state index contributed by atoms with van der Waals surface area (Å²) in [5.74, 6) is 0.363. The zero-order chi connectivity index (χ0) is 38.7. The van der Waals surface area contributed by atoms with Gasteiger partial charge >= 0.3 is 0 Å². The fraction of sp³-hybridized carbons (Fsp3) is 0.127. The van der Waals surface area contributed by atoms with Gasteiger partial charge in [-0.1, -0.05) is 158 Å². The van der Waals surface area contributed by atoms with Crippen LogP contribution in [0.5, 0.6) is 0 Å². The molecule has 0 radical (unpaired) electrons. The fourth-order valence-corrected chi connectivity index (χ4v) is 9.44. The lowest BCUT2D eigenvalue weighted by Gasteiger charge is -2.37. The molecule has 2 aliphatic carbocycles. The van der Waals surface area contributed by atoms with Crippen LogP contribution in [-0.2, 0) is 5.41 Å². The van der Waals surface area contributed by atoms with E-state index in [1.807, 2.05) is 0 Å². The van der Waals surface area contributed by atoms with Crippen LogP contribution in [-0.4, -0.2) is 0 Å². The summed E-state index contributed by atoms with van der Waals surface area (Å²) in [7, 11) is 0. The molecule has 0 heterocycles. The zero-order valence-corrected chi connectivity index (χ0v) is 33.1. The van der Waals surface area contributed by atoms with E-state index in [2.05, 4.69) is 226 Å². The van der Waals surface area contributed by atoms with Crippen molar-refractivity contribution >= 4 is 55.6 Å². The third-order valence-electron chi connectivity index (χ3n) is 12.5. The number of nitrogens with zero attached hydrogens (tertiary/aromatic N) is 2. The number of anilines is 5. The highest BCUT2D eigenvalue weighted by Gasteiger charge is 2.44. The highest BCUT2D eigenvalue weighted by atomic mass is 15.2. The summed E-state index contributed by atoms with van der Waals surface area (Å²) >= 11 is 0. The van der Waals surface area contributed by atoms with Crippen LogP contribution in [0.2, 0.25) is 0 Å². The predicted octanol–water partition coefficient (Wildman–Crippen LogP) is 15.2. The molecule has 0 N–H and O–H groups in total. The van der Waals surface area contributed by atoms with Crippen molar-refractivity contribution in [3.8, 4) is 11.1 Å². The lowest BCUT2D eigenvalue weighted by atomic mass is 9.73. The van der Waals surface area contributed by atoms with Crippen molar-refractivity contribution < 1.29 is 0 Å². The molecule has 10 rings (SSSR count). The number of fused-ring (bicyclic) bond motifs is 6. The van der Waals surface area contributed by atoms with E-state index in [1.54, 1.807) is 0 Å². The summed E-state index contributed by atoms with van der Waals surface area (Å²) in [6.07, 6.45) is 5.74. The van der Waals surface area contributed by atoms with Gasteiger partial charge in [0.1, 0.15) is 0 Å². The number of rotatable bonds is 7. The van der Waals surface area contributed by atoms with Crippen LogP contribution in [0.3, 0.4) is 0 Å². The molecule has 0 spiro atoms. The van der Waals surface area contributed by atoms with Gasteiger partial charge in [0.05, 0.1) is 11.4 Å².